The van der Waals surface area contributed by atoms with Gasteiger partial charge in [-0.1, -0.05) is 35.1 Å². The van der Waals surface area contributed by atoms with E-state index < -0.39 is 71.8 Å². The molecular weight excluding hydrogens is 538 g/mol. The number of carbonyl (C=O) groups excluding carboxylic acids is 5. The van der Waals surface area contributed by atoms with Crippen molar-refractivity contribution in [2.24, 2.45) is 5.11 Å². The van der Waals surface area contributed by atoms with Gasteiger partial charge in [-0.25, -0.2) is 4.79 Å². The van der Waals surface area contributed by atoms with E-state index in [2.05, 4.69) is 10.0 Å². The Morgan fingerprint density at radius 2 is 1.69 bits per heavy atom. The molecule has 1 heterocycles. The van der Waals surface area contributed by atoms with E-state index in [-0.39, 0.29) is 6.42 Å². The maximum absolute atomic E-state index is 13.3. The molecule has 0 aliphatic carbocycles. The predicted molar refractivity (Wildman–Crippen MR) is 133 cm³/mol. The van der Waals surface area contributed by atoms with E-state index in [1.807, 2.05) is 0 Å². The van der Waals surface area contributed by atoms with Crippen LogP contribution >= 0.6 is 11.8 Å². The number of azide groups is 1. The van der Waals surface area contributed by atoms with Crippen LogP contribution in [0.3, 0.4) is 0 Å². The van der Waals surface area contributed by atoms with Gasteiger partial charge in [0.2, 0.25) is 4.93 Å². The number of esters is 5. The van der Waals surface area contributed by atoms with Gasteiger partial charge in [-0.05, 0) is 17.7 Å². The third-order valence-electron chi connectivity index (χ3n) is 5.30. The van der Waals surface area contributed by atoms with E-state index in [9.17, 15) is 29.5 Å². The van der Waals surface area contributed by atoms with E-state index in [1.165, 1.54) is 0 Å². The number of methoxy groups -OCH3 is 1. The highest BCUT2D eigenvalue weighted by Crippen LogP contribution is 2.46. The highest BCUT2D eigenvalue weighted by molar-refractivity contribution is 8.01. The van der Waals surface area contributed by atoms with Gasteiger partial charge in [0.1, 0.15) is 24.9 Å². The van der Waals surface area contributed by atoms with Crippen molar-refractivity contribution in [3.63, 3.8) is 0 Å². The van der Waals surface area contributed by atoms with Crippen LogP contribution in [0.25, 0.3) is 10.4 Å². The molecule has 1 aliphatic rings. The number of benzene rings is 1. The molecular formula is C24H29N3O11S. The molecule has 0 amide bonds. The number of nitrogens with zero attached hydrogens (tertiary/aromatic N) is 3. The molecule has 0 radical (unpaired) electrons. The summed E-state index contributed by atoms with van der Waals surface area (Å²) in [5, 5.41) is 3.72. The zero-order chi connectivity index (χ0) is 29.2. The van der Waals surface area contributed by atoms with Crippen molar-refractivity contribution >= 4 is 41.6 Å². The molecule has 0 saturated carbocycles. The van der Waals surface area contributed by atoms with Gasteiger partial charge in [0.05, 0.1) is 7.11 Å². The fourth-order valence-corrected chi connectivity index (χ4v) is 5.20. The molecule has 39 heavy (non-hydrogen) atoms. The first-order valence-corrected chi connectivity index (χ1v) is 12.4. The van der Waals surface area contributed by atoms with E-state index in [4.69, 9.17) is 28.4 Å². The van der Waals surface area contributed by atoms with Crippen LogP contribution in [0.2, 0.25) is 0 Å². The Labute approximate surface area is 228 Å². The van der Waals surface area contributed by atoms with Crippen LogP contribution in [0, 0.1) is 0 Å². The van der Waals surface area contributed by atoms with E-state index in [1.54, 1.807) is 30.3 Å². The molecule has 2 rings (SSSR count). The van der Waals surface area contributed by atoms with Crippen molar-refractivity contribution in [1.29, 1.82) is 0 Å². The minimum Gasteiger partial charge on any atom is -0.466 e. The van der Waals surface area contributed by atoms with Crippen LogP contribution in [0.4, 0.5) is 0 Å². The van der Waals surface area contributed by atoms with Gasteiger partial charge >= 0.3 is 29.8 Å². The van der Waals surface area contributed by atoms with Gasteiger partial charge in [-0.15, -0.1) is 0 Å². The van der Waals surface area contributed by atoms with Crippen molar-refractivity contribution in [2.75, 3.05) is 13.7 Å². The second kappa shape index (κ2) is 14.4. The van der Waals surface area contributed by atoms with Crippen LogP contribution in [-0.4, -0.2) is 79.0 Å². The first-order valence-electron chi connectivity index (χ1n) is 11.6. The highest BCUT2D eigenvalue weighted by Gasteiger charge is 2.58. The minimum absolute atomic E-state index is 0.325. The van der Waals surface area contributed by atoms with Gasteiger partial charge in [0.15, 0.2) is 12.2 Å². The topological polar surface area (TPSA) is 189 Å². The summed E-state index contributed by atoms with van der Waals surface area (Å²) in [4.78, 5) is 62.4. The first kappa shape index (κ1) is 31.4. The molecule has 1 aromatic carbocycles. The second-order valence-electron chi connectivity index (χ2n) is 8.31. The number of carbonyl (C=O) groups is 5. The summed E-state index contributed by atoms with van der Waals surface area (Å²) in [5.74, 6) is -4.07. The lowest BCUT2D eigenvalue weighted by atomic mass is 9.90. The molecule has 0 aromatic heterocycles. The molecule has 0 bridgehead atoms. The number of rotatable bonds is 11. The molecule has 1 aromatic rings. The number of hydrogen-bond donors (Lipinski definition) is 0. The minimum atomic E-state index is -1.91. The van der Waals surface area contributed by atoms with Crippen molar-refractivity contribution in [3.05, 3.63) is 40.8 Å². The Kier molecular flexibility index (Phi) is 11.6. The van der Waals surface area contributed by atoms with Crippen molar-refractivity contribution in [3.8, 4) is 0 Å². The molecule has 6 atom stereocenters. The van der Waals surface area contributed by atoms with Gasteiger partial charge < -0.3 is 28.4 Å². The molecule has 15 heteroatoms. The smallest absolute Gasteiger partial charge is 0.349 e. The molecule has 1 aliphatic heterocycles. The summed E-state index contributed by atoms with van der Waals surface area (Å²) >= 11 is 0.923. The van der Waals surface area contributed by atoms with Gasteiger partial charge in [-0.3, -0.25) is 19.2 Å². The lowest BCUT2D eigenvalue weighted by molar-refractivity contribution is -0.221. The molecule has 0 spiro atoms. The van der Waals surface area contributed by atoms with Crippen LogP contribution in [0.5, 0.6) is 0 Å². The van der Waals surface area contributed by atoms with E-state index in [0.717, 1.165) is 46.6 Å². The summed E-state index contributed by atoms with van der Waals surface area (Å²) in [6.07, 6.45) is -6.23. The lowest BCUT2D eigenvalue weighted by Gasteiger charge is -2.47. The fourth-order valence-electron chi connectivity index (χ4n) is 3.95. The third-order valence-corrected chi connectivity index (χ3v) is 6.57. The summed E-state index contributed by atoms with van der Waals surface area (Å²) in [6.45, 7) is 3.79. The summed E-state index contributed by atoms with van der Waals surface area (Å²) in [6, 6.07) is 7.20. The molecule has 212 valence electrons. The van der Waals surface area contributed by atoms with Crippen LogP contribution in [-0.2, 0) is 52.4 Å². The Bertz CT molecular complexity index is 1110. The highest BCUT2D eigenvalue weighted by atomic mass is 32.2. The zero-order valence-electron chi connectivity index (χ0n) is 21.9. The maximum Gasteiger partial charge on any atom is 0.349 e. The van der Waals surface area contributed by atoms with Gasteiger partial charge in [0.25, 0.3) is 0 Å². The normalized spacial score (nSPS) is 23.7. The first-order chi connectivity index (χ1) is 18.4. The molecule has 0 N–H and O–H groups in total. The van der Waals surface area contributed by atoms with Crippen molar-refractivity contribution < 1.29 is 52.4 Å². The Morgan fingerprint density at radius 3 is 2.21 bits per heavy atom. The molecule has 1 fully saturated rings. The lowest BCUT2D eigenvalue weighted by Crippen LogP contribution is -2.63. The quantitative estimate of drug-likeness (QED) is 0.125. The number of thioether (sulfide) groups is 1. The third kappa shape index (κ3) is 8.87. The largest absolute Gasteiger partial charge is 0.466 e. The van der Waals surface area contributed by atoms with Gasteiger partial charge in [-0.2, -0.15) is 0 Å². The fraction of sp³-hybridized carbons (Fsp3) is 0.542. The van der Waals surface area contributed by atoms with Crippen LogP contribution < -0.4 is 0 Å². The van der Waals surface area contributed by atoms with Gasteiger partial charge in [0, 0.05) is 43.9 Å². The molecule has 1 saturated heterocycles. The maximum atomic E-state index is 13.3. The average Bonchev–Trinajstić information content (AvgIpc) is 2.86. The van der Waals surface area contributed by atoms with E-state index >= 15 is 0 Å². The van der Waals surface area contributed by atoms with Crippen molar-refractivity contribution in [2.45, 2.75) is 74.4 Å². The Balaban J connectivity index is 2.74. The van der Waals surface area contributed by atoms with E-state index in [0.29, 0.717) is 4.90 Å². The average molecular weight is 568 g/mol. The van der Waals surface area contributed by atoms with Crippen molar-refractivity contribution in [1.82, 2.24) is 0 Å². The number of hydrogen-bond acceptors (Lipinski definition) is 13. The molecule has 14 nitrogen and oxygen atoms in total. The monoisotopic (exact) mass is 567 g/mol. The predicted octanol–water partition coefficient (Wildman–Crippen LogP) is 2.47. The Morgan fingerprint density at radius 1 is 1.05 bits per heavy atom. The molecule has 0 unspecified atom stereocenters. The number of ether oxygens (including phenoxy) is 6. The zero-order valence-corrected chi connectivity index (χ0v) is 22.7. The standard InChI is InChI=1S/C24H29N3O11S/c1-13(28)34-12-19(36-15(3)30)21(37-16(4)31)22-20(26-27-25)18(35-14(2)29)11-24(38-22,23(32)33-5)39-17-9-7-6-8-10-17/h6-10,18-22H,11-12H2,1-5H3/t18-,19+,20+,21+,22+,24+/m0/s1. The van der Waals surface area contributed by atoms with Crippen LogP contribution in [0.1, 0.15) is 34.1 Å². The summed E-state index contributed by atoms with van der Waals surface area (Å²) in [5.41, 5.74) is 9.34. The Hall–Kier alpha value is -3.81. The summed E-state index contributed by atoms with van der Waals surface area (Å²) in [7, 11) is 1.13. The van der Waals surface area contributed by atoms with Crippen LogP contribution in [0.15, 0.2) is 40.3 Å². The second-order valence-corrected chi connectivity index (χ2v) is 9.65. The SMILES string of the molecule is COC(=O)[C@]1(Sc2ccccc2)C[C@H](OC(C)=O)[C@@H](N=[N+]=[N-])[C@H]([C@H](OC(C)=O)[C@@H](COC(C)=O)OC(C)=O)O1. The summed E-state index contributed by atoms with van der Waals surface area (Å²) < 4.78 is 32.5.